The molecule has 0 unspecified atom stereocenters. The summed E-state index contributed by atoms with van der Waals surface area (Å²) in [5.74, 6) is 0. The smallest absolute Gasteiger partial charge is 0.269 e. The molecule has 106 valence electrons. The fraction of sp³-hybridized carbons (Fsp3) is 0. The molecule has 2 rings (SSSR count). The summed E-state index contributed by atoms with van der Waals surface area (Å²) in [4.78, 5) is 3.87. The summed E-state index contributed by atoms with van der Waals surface area (Å²) >= 11 is 12.5. The Morgan fingerprint density at radius 3 is 2.40 bits per heavy atom. The summed E-state index contributed by atoms with van der Waals surface area (Å²) in [5.41, 5.74) is 0.281. The standard InChI is InChI=1S/C11H7Br2ClN2O3S/c12-7-1-2-11(10(14)4-7)16(20(17,18)19)9-3-8(13)5-15-6-9/h1-6H,(H,17,18,19). The second-order valence-corrected chi connectivity index (χ2v) is 7.20. The van der Waals surface area contributed by atoms with Crippen LogP contribution in [0.1, 0.15) is 0 Å². The molecule has 1 N–H and O–H groups in total. The fourth-order valence-electron chi connectivity index (χ4n) is 1.55. The van der Waals surface area contributed by atoms with Crippen molar-refractivity contribution >= 4 is 65.1 Å². The van der Waals surface area contributed by atoms with Crippen LogP contribution in [-0.2, 0) is 10.3 Å². The Hall–Kier alpha value is -0.670. The molecule has 0 bridgehead atoms. The van der Waals surface area contributed by atoms with E-state index in [0.29, 0.717) is 13.3 Å². The Bertz CT molecular complexity index is 755. The highest BCUT2D eigenvalue weighted by molar-refractivity contribution is 9.10. The molecule has 0 atom stereocenters. The van der Waals surface area contributed by atoms with Gasteiger partial charge >= 0.3 is 10.3 Å². The van der Waals surface area contributed by atoms with E-state index in [1.54, 1.807) is 6.07 Å². The molecule has 5 nitrogen and oxygen atoms in total. The van der Waals surface area contributed by atoms with Crippen LogP contribution in [0.15, 0.2) is 45.6 Å². The van der Waals surface area contributed by atoms with Gasteiger partial charge in [0.25, 0.3) is 0 Å². The van der Waals surface area contributed by atoms with Crippen molar-refractivity contribution in [1.29, 1.82) is 0 Å². The number of nitrogens with zero attached hydrogens (tertiary/aromatic N) is 2. The Balaban J connectivity index is 2.66. The third-order valence-electron chi connectivity index (χ3n) is 2.28. The van der Waals surface area contributed by atoms with Crippen LogP contribution in [0.25, 0.3) is 0 Å². The monoisotopic (exact) mass is 440 g/mol. The Morgan fingerprint density at radius 1 is 1.15 bits per heavy atom. The Labute approximate surface area is 137 Å². The molecule has 0 aliphatic carbocycles. The fourth-order valence-corrected chi connectivity index (χ4v) is 3.49. The van der Waals surface area contributed by atoms with Crippen LogP contribution in [0, 0.1) is 0 Å². The van der Waals surface area contributed by atoms with Crippen molar-refractivity contribution in [2.24, 2.45) is 0 Å². The summed E-state index contributed by atoms with van der Waals surface area (Å²) in [6, 6.07) is 6.12. The molecule has 0 aliphatic rings. The van der Waals surface area contributed by atoms with E-state index in [-0.39, 0.29) is 16.4 Å². The average Bonchev–Trinajstić information content (AvgIpc) is 2.31. The normalized spacial score (nSPS) is 11.4. The molecule has 0 fully saturated rings. The van der Waals surface area contributed by atoms with Gasteiger partial charge in [0.05, 0.1) is 22.6 Å². The predicted molar refractivity (Wildman–Crippen MR) is 84.8 cm³/mol. The zero-order valence-electron chi connectivity index (χ0n) is 9.66. The maximum Gasteiger partial charge on any atom is 0.364 e. The minimum Gasteiger partial charge on any atom is -0.269 e. The Kier molecular flexibility index (Phi) is 4.70. The molecule has 20 heavy (non-hydrogen) atoms. The molecule has 1 aromatic heterocycles. The number of rotatable bonds is 3. The predicted octanol–water partition coefficient (Wildman–Crippen LogP) is 4.20. The molecular weight excluding hydrogens is 435 g/mol. The van der Waals surface area contributed by atoms with Gasteiger partial charge in [-0.25, -0.2) is 4.31 Å². The molecule has 9 heteroatoms. The molecule has 2 aromatic rings. The van der Waals surface area contributed by atoms with Crippen LogP contribution in [0.4, 0.5) is 11.4 Å². The molecule has 0 amide bonds. The van der Waals surface area contributed by atoms with E-state index < -0.39 is 10.3 Å². The van der Waals surface area contributed by atoms with Gasteiger partial charge in [0.15, 0.2) is 0 Å². The van der Waals surface area contributed by atoms with E-state index in [9.17, 15) is 13.0 Å². The number of halogens is 3. The number of hydrogen-bond acceptors (Lipinski definition) is 3. The van der Waals surface area contributed by atoms with E-state index in [2.05, 4.69) is 36.8 Å². The molecule has 0 saturated carbocycles. The summed E-state index contributed by atoms with van der Waals surface area (Å²) < 4.78 is 34.7. The Morgan fingerprint density at radius 2 is 1.85 bits per heavy atom. The maximum atomic E-state index is 11.6. The largest absolute Gasteiger partial charge is 0.364 e. The zero-order valence-corrected chi connectivity index (χ0v) is 14.4. The molecule has 0 saturated heterocycles. The van der Waals surface area contributed by atoms with E-state index in [1.807, 2.05) is 0 Å². The summed E-state index contributed by atoms with van der Waals surface area (Å²) in [6.45, 7) is 0. The van der Waals surface area contributed by atoms with Crippen molar-refractivity contribution in [3.63, 3.8) is 0 Å². The zero-order chi connectivity index (χ0) is 14.9. The van der Waals surface area contributed by atoms with Crippen molar-refractivity contribution in [3.8, 4) is 0 Å². The highest BCUT2D eigenvalue weighted by Gasteiger charge is 2.24. The van der Waals surface area contributed by atoms with Gasteiger partial charge in [0.1, 0.15) is 0 Å². The van der Waals surface area contributed by atoms with E-state index in [4.69, 9.17) is 11.6 Å². The van der Waals surface area contributed by atoms with Crippen molar-refractivity contribution in [2.45, 2.75) is 0 Å². The maximum absolute atomic E-state index is 11.6. The quantitative estimate of drug-likeness (QED) is 0.724. The van der Waals surface area contributed by atoms with Crippen LogP contribution in [0.5, 0.6) is 0 Å². The van der Waals surface area contributed by atoms with Crippen molar-refractivity contribution in [1.82, 2.24) is 4.98 Å². The van der Waals surface area contributed by atoms with Gasteiger partial charge in [-0.2, -0.15) is 8.42 Å². The van der Waals surface area contributed by atoms with Crippen LogP contribution in [0.2, 0.25) is 5.02 Å². The lowest BCUT2D eigenvalue weighted by molar-refractivity contribution is 0.483. The van der Waals surface area contributed by atoms with Crippen LogP contribution in [0.3, 0.4) is 0 Å². The SMILES string of the molecule is O=S(=O)(O)N(c1cncc(Br)c1)c1ccc(Br)cc1Cl. The lowest BCUT2D eigenvalue weighted by Gasteiger charge is -2.21. The van der Waals surface area contributed by atoms with Crippen molar-refractivity contribution in [3.05, 3.63) is 50.6 Å². The first-order valence-corrected chi connectivity index (χ1v) is 8.48. The minimum absolute atomic E-state index is 0.122. The van der Waals surface area contributed by atoms with Gasteiger partial charge in [-0.3, -0.25) is 9.54 Å². The number of pyridine rings is 1. The van der Waals surface area contributed by atoms with Gasteiger partial charge in [-0.1, -0.05) is 27.5 Å². The van der Waals surface area contributed by atoms with Crippen molar-refractivity contribution in [2.75, 3.05) is 4.31 Å². The van der Waals surface area contributed by atoms with E-state index >= 15 is 0 Å². The van der Waals surface area contributed by atoms with Gasteiger partial charge < -0.3 is 0 Å². The molecule has 1 aromatic carbocycles. The third-order valence-corrected chi connectivity index (χ3v) is 4.38. The molecule has 0 radical (unpaired) electrons. The van der Waals surface area contributed by atoms with Gasteiger partial charge in [0, 0.05) is 15.1 Å². The first kappa shape index (κ1) is 15.7. The number of anilines is 2. The molecule has 0 spiro atoms. The summed E-state index contributed by atoms with van der Waals surface area (Å²) in [6.07, 6.45) is 2.80. The van der Waals surface area contributed by atoms with Gasteiger partial charge in [-0.05, 0) is 40.2 Å². The highest BCUT2D eigenvalue weighted by Crippen LogP contribution is 2.36. The average molecular weight is 443 g/mol. The van der Waals surface area contributed by atoms with Gasteiger partial charge in [0.2, 0.25) is 0 Å². The topological polar surface area (TPSA) is 70.5 Å². The summed E-state index contributed by atoms with van der Waals surface area (Å²) in [7, 11) is -4.55. The molecule has 0 aliphatic heterocycles. The third kappa shape index (κ3) is 3.50. The first-order valence-electron chi connectivity index (χ1n) is 5.12. The highest BCUT2D eigenvalue weighted by atomic mass is 79.9. The molecule has 1 heterocycles. The van der Waals surface area contributed by atoms with Crippen LogP contribution >= 0.6 is 43.5 Å². The number of benzene rings is 1. The van der Waals surface area contributed by atoms with E-state index in [0.717, 1.165) is 0 Å². The van der Waals surface area contributed by atoms with Gasteiger partial charge in [-0.15, -0.1) is 0 Å². The first-order chi connectivity index (χ1) is 9.29. The summed E-state index contributed by atoms with van der Waals surface area (Å²) in [5, 5.41) is 0.164. The lowest BCUT2D eigenvalue weighted by atomic mass is 10.3. The number of hydrogen-bond donors (Lipinski definition) is 1. The molecular formula is C11H7Br2ClN2O3S. The lowest BCUT2D eigenvalue weighted by Crippen LogP contribution is -2.25. The van der Waals surface area contributed by atoms with Crippen LogP contribution in [-0.4, -0.2) is 18.0 Å². The van der Waals surface area contributed by atoms with E-state index in [1.165, 1.54) is 30.6 Å². The van der Waals surface area contributed by atoms with Crippen molar-refractivity contribution < 1.29 is 13.0 Å². The number of aromatic nitrogens is 1. The second kappa shape index (κ2) is 5.98. The minimum atomic E-state index is -4.55. The van der Waals surface area contributed by atoms with Crippen LogP contribution < -0.4 is 4.31 Å². The second-order valence-electron chi connectivity index (χ2n) is 3.70.